The number of halogens is 3. The number of amides is 1. The second-order valence-corrected chi connectivity index (χ2v) is 7.10. The summed E-state index contributed by atoms with van der Waals surface area (Å²) in [5.74, 6) is 0.380. The fourth-order valence-corrected chi connectivity index (χ4v) is 3.31. The molecule has 0 unspecified atom stereocenters. The molecule has 5 nitrogen and oxygen atoms in total. The van der Waals surface area contributed by atoms with E-state index in [0.717, 1.165) is 34.3 Å². The van der Waals surface area contributed by atoms with E-state index >= 15 is 0 Å². The van der Waals surface area contributed by atoms with Crippen LogP contribution in [0.1, 0.15) is 11.1 Å². The Morgan fingerprint density at radius 1 is 0.969 bits per heavy atom. The van der Waals surface area contributed by atoms with Gasteiger partial charge < -0.3 is 10.1 Å². The van der Waals surface area contributed by atoms with Crippen molar-refractivity contribution in [3.05, 3.63) is 84.2 Å². The largest absolute Gasteiger partial charge is 0.497 e. The molecule has 162 valence electrons. The highest BCUT2D eigenvalue weighted by atomic mass is 19.4. The van der Waals surface area contributed by atoms with Gasteiger partial charge in [0.1, 0.15) is 12.1 Å². The van der Waals surface area contributed by atoms with Crippen molar-refractivity contribution in [3.8, 4) is 17.0 Å². The van der Waals surface area contributed by atoms with Crippen molar-refractivity contribution in [1.82, 2.24) is 9.97 Å². The minimum Gasteiger partial charge on any atom is -0.497 e. The molecule has 4 rings (SSSR count). The summed E-state index contributed by atoms with van der Waals surface area (Å²) in [6.07, 6.45) is -2.95. The van der Waals surface area contributed by atoms with E-state index in [-0.39, 0.29) is 12.3 Å². The molecule has 1 N–H and O–H groups in total. The van der Waals surface area contributed by atoms with Gasteiger partial charge in [0.05, 0.1) is 30.3 Å². The second-order valence-electron chi connectivity index (χ2n) is 7.10. The van der Waals surface area contributed by atoms with E-state index < -0.39 is 11.7 Å². The molecule has 0 aliphatic carbocycles. The first-order chi connectivity index (χ1) is 15.3. The zero-order chi connectivity index (χ0) is 22.7. The van der Waals surface area contributed by atoms with Crippen molar-refractivity contribution in [2.75, 3.05) is 12.4 Å². The molecule has 1 amide bonds. The maximum Gasteiger partial charge on any atom is 0.416 e. The molecule has 1 heterocycles. The van der Waals surface area contributed by atoms with Crippen LogP contribution in [-0.4, -0.2) is 23.0 Å². The van der Waals surface area contributed by atoms with Gasteiger partial charge in [0.2, 0.25) is 5.91 Å². The molecule has 0 radical (unpaired) electrons. The van der Waals surface area contributed by atoms with Gasteiger partial charge in [-0.25, -0.2) is 9.97 Å². The Kier molecular flexibility index (Phi) is 5.77. The first-order valence-corrected chi connectivity index (χ1v) is 9.68. The Bertz CT molecular complexity index is 1250. The van der Waals surface area contributed by atoms with Crippen LogP contribution in [0.15, 0.2) is 73.1 Å². The molecule has 0 aliphatic rings. The third-order valence-electron chi connectivity index (χ3n) is 4.93. The number of hydrogen-bond acceptors (Lipinski definition) is 4. The van der Waals surface area contributed by atoms with E-state index in [0.29, 0.717) is 17.0 Å². The lowest BCUT2D eigenvalue weighted by molar-refractivity contribution is -0.137. The Hall–Kier alpha value is -3.94. The fraction of sp³-hybridized carbons (Fsp3) is 0.125. The highest BCUT2D eigenvalue weighted by Crippen LogP contribution is 2.30. The second kappa shape index (κ2) is 8.66. The summed E-state index contributed by atoms with van der Waals surface area (Å²) in [6.45, 7) is 0. The van der Waals surface area contributed by atoms with E-state index in [1.807, 2.05) is 30.3 Å². The lowest BCUT2D eigenvalue weighted by atomic mass is 10.1. The molecule has 32 heavy (non-hydrogen) atoms. The zero-order valence-electron chi connectivity index (χ0n) is 17.0. The van der Waals surface area contributed by atoms with Gasteiger partial charge in [-0.3, -0.25) is 4.79 Å². The lowest BCUT2D eigenvalue weighted by Crippen LogP contribution is -2.14. The fourth-order valence-electron chi connectivity index (χ4n) is 3.31. The third-order valence-corrected chi connectivity index (χ3v) is 4.93. The van der Waals surface area contributed by atoms with Crippen molar-refractivity contribution in [1.29, 1.82) is 0 Å². The number of anilines is 1. The molecule has 0 atom stereocenters. The van der Waals surface area contributed by atoms with E-state index in [2.05, 4.69) is 15.3 Å². The summed E-state index contributed by atoms with van der Waals surface area (Å²) in [5, 5.41) is 3.62. The van der Waals surface area contributed by atoms with Crippen LogP contribution in [0.5, 0.6) is 5.75 Å². The molecule has 0 aliphatic heterocycles. The van der Waals surface area contributed by atoms with Gasteiger partial charge in [0.25, 0.3) is 0 Å². The van der Waals surface area contributed by atoms with Crippen molar-refractivity contribution < 1.29 is 22.7 Å². The van der Waals surface area contributed by atoms with Crippen molar-refractivity contribution in [2.24, 2.45) is 0 Å². The predicted molar refractivity (Wildman–Crippen MR) is 115 cm³/mol. The van der Waals surface area contributed by atoms with Crippen LogP contribution in [0.2, 0.25) is 0 Å². The number of alkyl halides is 3. The third kappa shape index (κ3) is 4.69. The quantitative estimate of drug-likeness (QED) is 0.448. The summed E-state index contributed by atoms with van der Waals surface area (Å²) < 4.78 is 43.2. The van der Waals surface area contributed by atoms with E-state index in [1.165, 1.54) is 18.5 Å². The van der Waals surface area contributed by atoms with E-state index in [9.17, 15) is 18.0 Å². The number of methoxy groups -OCH3 is 1. The van der Waals surface area contributed by atoms with Gasteiger partial charge in [-0.2, -0.15) is 13.2 Å². The van der Waals surface area contributed by atoms with Crippen LogP contribution in [0.3, 0.4) is 0 Å². The number of ether oxygens (including phenoxy) is 1. The van der Waals surface area contributed by atoms with Crippen molar-refractivity contribution in [3.63, 3.8) is 0 Å². The molecular weight excluding hydrogens is 419 g/mol. The van der Waals surface area contributed by atoms with E-state index in [1.54, 1.807) is 19.2 Å². The summed E-state index contributed by atoms with van der Waals surface area (Å²) in [7, 11) is 1.59. The minimum atomic E-state index is -4.40. The number of aromatic nitrogens is 2. The average molecular weight is 437 g/mol. The van der Waals surface area contributed by atoms with Gasteiger partial charge in [0, 0.05) is 22.7 Å². The average Bonchev–Trinajstić information content (AvgIpc) is 2.78. The Morgan fingerprint density at radius 2 is 1.69 bits per heavy atom. The number of fused-ring (bicyclic) bond motifs is 1. The number of carbonyl (C=O) groups is 1. The Labute approximate surface area is 181 Å². The van der Waals surface area contributed by atoms with Crippen LogP contribution in [0.4, 0.5) is 18.9 Å². The summed E-state index contributed by atoms with van der Waals surface area (Å²) in [5.41, 5.74) is 2.68. The van der Waals surface area contributed by atoms with Crippen molar-refractivity contribution >= 4 is 22.5 Å². The van der Waals surface area contributed by atoms with E-state index in [4.69, 9.17) is 4.74 Å². The smallest absolute Gasteiger partial charge is 0.416 e. The number of rotatable bonds is 5. The Morgan fingerprint density at radius 3 is 2.34 bits per heavy atom. The summed E-state index contributed by atoms with van der Waals surface area (Å²) in [4.78, 5) is 21.0. The molecule has 0 spiro atoms. The molecule has 0 fully saturated rings. The first-order valence-electron chi connectivity index (χ1n) is 9.68. The number of benzene rings is 3. The minimum absolute atomic E-state index is 0.0295. The number of nitrogens with one attached hydrogen (secondary N) is 1. The van der Waals surface area contributed by atoms with Gasteiger partial charge in [0.15, 0.2) is 0 Å². The van der Waals surface area contributed by atoms with Crippen LogP contribution < -0.4 is 10.1 Å². The highest BCUT2D eigenvalue weighted by molar-refractivity contribution is 5.94. The molecular formula is C24H18F3N3O2. The van der Waals surface area contributed by atoms with Gasteiger partial charge in [-0.15, -0.1) is 0 Å². The molecule has 0 saturated heterocycles. The highest BCUT2D eigenvalue weighted by Gasteiger charge is 2.29. The van der Waals surface area contributed by atoms with Crippen LogP contribution in [-0.2, 0) is 17.4 Å². The predicted octanol–water partition coefficient (Wildman–Crippen LogP) is 5.51. The normalized spacial score (nSPS) is 11.4. The van der Waals surface area contributed by atoms with Crippen LogP contribution >= 0.6 is 0 Å². The molecule has 8 heteroatoms. The zero-order valence-corrected chi connectivity index (χ0v) is 17.0. The summed E-state index contributed by atoms with van der Waals surface area (Å²) in [6, 6.07) is 17.3. The standard InChI is InChI=1S/C24H18F3N3O2/c1-32-19-10-11-20-21(13-19)28-14-29-23(20)16-4-8-18(9-5-16)30-22(31)12-15-2-6-17(7-3-15)24(25,26)27/h2-11,13-14H,12H2,1H3,(H,30,31). The molecule has 1 aromatic heterocycles. The monoisotopic (exact) mass is 437 g/mol. The molecule has 4 aromatic rings. The molecule has 0 bridgehead atoms. The lowest BCUT2D eigenvalue weighted by Gasteiger charge is -2.10. The van der Waals surface area contributed by atoms with Crippen molar-refractivity contribution in [2.45, 2.75) is 12.6 Å². The number of nitrogens with zero attached hydrogens (tertiary/aromatic N) is 2. The number of hydrogen-bond donors (Lipinski definition) is 1. The maximum atomic E-state index is 12.7. The number of carbonyl (C=O) groups excluding carboxylic acids is 1. The van der Waals surface area contributed by atoms with Gasteiger partial charge in [-0.05, 0) is 42.0 Å². The Balaban J connectivity index is 1.46. The molecule has 3 aromatic carbocycles. The van der Waals surface area contributed by atoms with Crippen LogP contribution in [0.25, 0.3) is 22.2 Å². The maximum absolute atomic E-state index is 12.7. The summed E-state index contributed by atoms with van der Waals surface area (Å²) >= 11 is 0. The molecule has 0 saturated carbocycles. The topological polar surface area (TPSA) is 64.1 Å². The van der Waals surface area contributed by atoms with Gasteiger partial charge >= 0.3 is 6.18 Å². The van der Waals surface area contributed by atoms with Gasteiger partial charge in [-0.1, -0.05) is 24.3 Å². The SMILES string of the molecule is COc1ccc2c(-c3ccc(NC(=O)Cc4ccc(C(F)(F)F)cc4)cc3)ncnc2c1. The first kappa shape index (κ1) is 21.3. The van der Waals surface area contributed by atoms with Crippen LogP contribution in [0, 0.1) is 0 Å².